The fourth-order valence-corrected chi connectivity index (χ4v) is 0.733. The average molecular weight is 170 g/mol. The molecule has 0 amide bonds. The SMILES string of the molecule is COc1cc(CCC(=O)[O-])on1. The van der Waals surface area contributed by atoms with Crippen LogP contribution in [0.15, 0.2) is 10.6 Å². The van der Waals surface area contributed by atoms with E-state index in [0.29, 0.717) is 11.6 Å². The summed E-state index contributed by atoms with van der Waals surface area (Å²) in [4.78, 5) is 10.0. The second-order valence-corrected chi connectivity index (χ2v) is 2.21. The van der Waals surface area contributed by atoms with E-state index in [9.17, 15) is 9.90 Å². The van der Waals surface area contributed by atoms with Crippen molar-refractivity contribution in [1.29, 1.82) is 0 Å². The number of carbonyl (C=O) groups excluding carboxylic acids is 1. The maximum absolute atomic E-state index is 10.0. The molecule has 0 aliphatic carbocycles. The van der Waals surface area contributed by atoms with E-state index in [0.717, 1.165) is 0 Å². The molecule has 1 heterocycles. The van der Waals surface area contributed by atoms with Gasteiger partial charge in [-0.2, -0.15) is 0 Å². The monoisotopic (exact) mass is 170 g/mol. The molecule has 0 aromatic carbocycles. The topological polar surface area (TPSA) is 75.4 Å². The van der Waals surface area contributed by atoms with Crippen molar-refractivity contribution < 1.29 is 19.2 Å². The molecule has 0 N–H and O–H groups in total. The fraction of sp³-hybridized carbons (Fsp3) is 0.429. The summed E-state index contributed by atoms with van der Waals surface area (Å²) in [5, 5.41) is 13.5. The lowest BCUT2D eigenvalue weighted by molar-refractivity contribution is -0.305. The third-order valence-corrected chi connectivity index (χ3v) is 1.32. The molecular formula is C7H8NO4-. The summed E-state index contributed by atoms with van der Waals surface area (Å²) < 4.78 is 9.47. The molecule has 0 fully saturated rings. The number of hydrogen-bond acceptors (Lipinski definition) is 5. The van der Waals surface area contributed by atoms with Crippen molar-refractivity contribution in [2.75, 3.05) is 7.11 Å². The molecule has 0 aliphatic heterocycles. The molecule has 0 atom stereocenters. The predicted molar refractivity (Wildman–Crippen MR) is 36.4 cm³/mol. The molecule has 5 heteroatoms. The van der Waals surface area contributed by atoms with E-state index in [-0.39, 0.29) is 12.8 Å². The third kappa shape index (κ3) is 2.26. The normalized spacial score (nSPS) is 9.75. The Labute approximate surface area is 68.9 Å². The second-order valence-electron chi connectivity index (χ2n) is 2.21. The maximum atomic E-state index is 10.0. The highest BCUT2D eigenvalue weighted by atomic mass is 16.5. The molecule has 0 saturated heterocycles. The number of carboxylic acids is 1. The Hall–Kier alpha value is -1.52. The Kier molecular flexibility index (Phi) is 2.68. The lowest BCUT2D eigenvalue weighted by Crippen LogP contribution is -2.22. The van der Waals surface area contributed by atoms with Crippen LogP contribution in [0.4, 0.5) is 0 Å². The van der Waals surface area contributed by atoms with E-state index in [1.807, 2.05) is 0 Å². The van der Waals surface area contributed by atoms with Crippen molar-refractivity contribution >= 4 is 5.97 Å². The van der Waals surface area contributed by atoms with Crippen molar-refractivity contribution in [2.24, 2.45) is 0 Å². The van der Waals surface area contributed by atoms with Crippen LogP contribution in [0.5, 0.6) is 5.88 Å². The van der Waals surface area contributed by atoms with Crippen LogP contribution in [-0.2, 0) is 11.2 Å². The molecule has 0 aliphatic rings. The number of aryl methyl sites for hydroxylation is 1. The Morgan fingerprint density at radius 2 is 2.58 bits per heavy atom. The number of carbonyl (C=O) groups is 1. The molecule has 0 bridgehead atoms. The first-order chi connectivity index (χ1) is 5.72. The molecule has 0 unspecified atom stereocenters. The lowest BCUT2D eigenvalue weighted by atomic mass is 10.2. The Morgan fingerprint density at radius 3 is 3.08 bits per heavy atom. The zero-order valence-electron chi connectivity index (χ0n) is 6.57. The number of methoxy groups -OCH3 is 1. The average Bonchev–Trinajstić information content (AvgIpc) is 2.48. The van der Waals surface area contributed by atoms with Gasteiger partial charge in [0.05, 0.1) is 7.11 Å². The van der Waals surface area contributed by atoms with Gasteiger partial charge in [-0.15, -0.1) is 0 Å². The van der Waals surface area contributed by atoms with Gasteiger partial charge in [-0.25, -0.2) is 0 Å². The fourth-order valence-electron chi connectivity index (χ4n) is 0.733. The van der Waals surface area contributed by atoms with Crippen LogP contribution >= 0.6 is 0 Å². The molecule has 0 saturated carbocycles. The molecule has 1 aromatic heterocycles. The molecule has 12 heavy (non-hydrogen) atoms. The van der Waals surface area contributed by atoms with E-state index in [1.54, 1.807) is 6.07 Å². The number of nitrogens with zero attached hydrogens (tertiary/aromatic N) is 1. The van der Waals surface area contributed by atoms with Crippen LogP contribution in [-0.4, -0.2) is 18.2 Å². The van der Waals surface area contributed by atoms with Gasteiger partial charge in [0.25, 0.3) is 5.88 Å². The van der Waals surface area contributed by atoms with E-state index in [4.69, 9.17) is 9.26 Å². The molecule has 1 aromatic rings. The smallest absolute Gasteiger partial charge is 0.254 e. The van der Waals surface area contributed by atoms with Crippen molar-refractivity contribution in [1.82, 2.24) is 5.16 Å². The van der Waals surface area contributed by atoms with Crippen LogP contribution in [0, 0.1) is 0 Å². The first-order valence-electron chi connectivity index (χ1n) is 3.42. The van der Waals surface area contributed by atoms with E-state index in [2.05, 4.69) is 5.16 Å². The summed E-state index contributed by atoms with van der Waals surface area (Å²) in [5.74, 6) is -0.273. The van der Waals surface area contributed by atoms with Gasteiger partial charge < -0.3 is 19.2 Å². The van der Waals surface area contributed by atoms with Gasteiger partial charge in [-0.3, -0.25) is 0 Å². The number of rotatable bonds is 4. The first kappa shape index (κ1) is 8.58. The largest absolute Gasteiger partial charge is 0.550 e. The predicted octanol–water partition coefficient (Wildman–Crippen LogP) is -0.634. The van der Waals surface area contributed by atoms with Gasteiger partial charge >= 0.3 is 0 Å². The van der Waals surface area contributed by atoms with Crippen LogP contribution in [0.3, 0.4) is 0 Å². The van der Waals surface area contributed by atoms with Gasteiger partial charge in [0, 0.05) is 18.5 Å². The van der Waals surface area contributed by atoms with Crippen molar-refractivity contribution in [3.05, 3.63) is 11.8 Å². The minimum absolute atomic E-state index is 0.0711. The van der Waals surface area contributed by atoms with Gasteiger partial charge in [-0.1, -0.05) is 0 Å². The van der Waals surface area contributed by atoms with Crippen LogP contribution in [0.2, 0.25) is 0 Å². The van der Waals surface area contributed by atoms with Crippen LogP contribution in [0.1, 0.15) is 12.2 Å². The molecule has 0 spiro atoms. The minimum atomic E-state index is -1.11. The number of aliphatic carboxylic acids is 1. The van der Waals surface area contributed by atoms with E-state index >= 15 is 0 Å². The summed E-state index contributed by atoms with van der Waals surface area (Å²) in [5.41, 5.74) is 0. The van der Waals surface area contributed by atoms with Crippen LogP contribution < -0.4 is 9.84 Å². The second kappa shape index (κ2) is 3.75. The van der Waals surface area contributed by atoms with Gasteiger partial charge in [0.2, 0.25) is 0 Å². The first-order valence-corrected chi connectivity index (χ1v) is 3.42. The van der Waals surface area contributed by atoms with E-state index in [1.165, 1.54) is 7.11 Å². The summed E-state index contributed by atoms with van der Waals surface area (Å²) in [7, 11) is 1.46. The minimum Gasteiger partial charge on any atom is -0.550 e. The zero-order valence-corrected chi connectivity index (χ0v) is 6.57. The Bertz CT molecular complexity index is 268. The number of hydrogen-bond donors (Lipinski definition) is 0. The van der Waals surface area contributed by atoms with E-state index < -0.39 is 5.97 Å². The summed E-state index contributed by atoms with van der Waals surface area (Å²) in [6.07, 6.45) is 0.205. The summed E-state index contributed by atoms with van der Waals surface area (Å²) in [6.45, 7) is 0. The molecule has 66 valence electrons. The van der Waals surface area contributed by atoms with Crippen molar-refractivity contribution in [3.8, 4) is 5.88 Å². The van der Waals surface area contributed by atoms with Gasteiger partial charge in [0.1, 0.15) is 5.76 Å². The highest BCUT2D eigenvalue weighted by Crippen LogP contribution is 2.11. The number of ether oxygens (including phenoxy) is 1. The van der Waals surface area contributed by atoms with Gasteiger partial charge in [-0.05, 0) is 11.6 Å². The zero-order chi connectivity index (χ0) is 8.97. The van der Waals surface area contributed by atoms with Crippen LogP contribution in [0.25, 0.3) is 0 Å². The highest BCUT2D eigenvalue weighted by Gasteiger charge is 2.02. The lowest BCUT2D eigenvalue weighted by Gasteiger charge is -1.96. The summed E-state index contributed by atoms with van der Waals surface area (Å²) >= 11 is 0. The highest BCUT2D eigenvalue weighted by molar-refractivity contribution is 5.64. The third-order valence-electron chi connectivity index (χ3n) is 1.32. The van der Waals surface area contributed by atoms with Crippen molar-refractivity contribution in [3.63, 3.8) is 0 Å². The Morgan fingerprint density at radius 1 is 1.83 bits per heavy atom. The maximum Gasteiger partial charge on any atom is 0.254 e. The van der Waals surface area contributed by atoms with Crippen molar-refractivity contribution in [2.45, 2.75) is 12.8 Å². The number of carboxylic acid groups (broad SMARTS) is 1. The molecule has 5 nitrogen and oxygen atoms in total. The molecule has 0 radical (unpaired) electrons. The standard InChI is InChI=1S/C7H9NO4/c1-11-6-4-5(12-8-6)2-3-7(9)10/h4H,2-3H2,1H3,(H,9,10)/p-1. The quantitative estimate of drug-likeness (QED) is 0.601. The Balaban J connectivity index is 2.47. The summed E-state index contributed by atoms with van der Waals surface area (Å²) in [6, 6.07) is 1.54. The molecule has 1 rings (SSSR count). The molecular weight excluding hydrogens is 162 g/mol. The van der Waals surface area contributed by atoms with Gasteiger partial charge in [0.15, 0.2) is 0 Å². The number of aromatic nitrogens is 1.